The monoisotopic (exact) mass is 436 g/mol. The van der Waals surface area contributed by atoms with Gasteiger partial charge in [-0.25, -0.2) is 9.97 Å². The van der Waals surface area contributed by atoms with Gasteiger partial charge in [0.05, 0.1) is 18.5 Å². The van der Waals surface area contributed by atoms with Crippen molar-refractivity contribution in [2.45, 2.75) is 30.5 Å². The molecule has 3 N–H and O–H groups in total. The van der Waals surface area contributed by atoms with Crippen LogP contribution >= 0.6 is 0 Å². The van der Waals surface area contributed by atoms with Gasteiger partial charge in [0.15, 0.2) is 0 Å². The van der Waals surface area contributed by atoms with Crippen LogP contribution in [-0.4, -0.2) is 27.0 Å². The Hall–Kier alpha value is -3.68. The van der Waals surface area contributed by atoms with Gasteiger partial charge >= 0.3 is 0 Å². The molecule has 7 nitrogen and oxygen atoms in total. The fraction of sp³-hybridized carbons (Fsp3) is 0.231. The average Bonchev–Trinajstić information content (AvgIpc) is 3.68. The van der Waals surface area contributed by atoms with Crippen molar-refractivity contribution >= 4 is 0 Å². The Balaban J connectivity index is 1.60. The minimum atomic E-state index is -0.745. The third kappa shape index (κ3) is 3.20. The van der Waals surface area contributed by atoms with Gasteiger partial charge in [-0.05, 0) is 59.2 Å². The number of nitrogens with one attached hydrogen (secondary N) is 1. The molecule has 2 aliphatic rings. The molecular formula is C26H24N6O. The van der Waals surface area contributed by atoms with Crippen molar-refractivity contribution in [2.24, 2.45) is 5.73 Å². The number of nitrogens with zero attached hydrogens (tertiary/aromatic N) is 4. The van der Waals surface area contributed by atoms with Gasteiger partial charge in [-0.1, -0.05) is 24.3 Å². The quantitative estimate of drug-likeness (QED) is 0.492. The van der Waals surface area contributed by atoms with Gasteiger partial charge in [0.2, 0.25) is 0 Å². The summed E-state index contributed by atoms with van der Waals surface area (Å²) in [6, 6.07) is 14.8. The molecule has 3 heterocycles. The molecule has 0 radical (unpaired) electrons. The molecule has 0 spiro atoms. The molecule has 1 aliphatic heterocycles. The van der Waals surface area contributed by atoms with E-state index in [-0.39, 0.29) is 0 Å². The normalized spacial score (nSPS) is 21.6. The van der Waals surface area contributed by atoms with Crippen LogP contribution in [0.15, 0.2) is 73.6 Å². The zero-order chi connectivity index (χ0) is 22.4. The van der Waals surface area contributed by atoms with Crippen LogP contribution in [0.3, 0.4) is 0 Å². The predicted octanol–water partition coefficient (Wildman–Crippen LogP) is 3.67. The summed E-state index contributed by atoms with van der Waals surface area (Å²) in [6.07, 6.45) is 10.5. The SMILES string of the molecule is COc1ccc(C2(c3cccc(-c4cncnc4)c3)NC(N)c3nccnc32)cc1C1CC1. The van der Waals surface area contributed by atoms with Crippen molar-refractivity contribution in [3.63, 3.8) is 0 Å². The first kappa shape index (κ1) is 20.0. The predicted molar refractivity (Wildman–Crippen MR) is 124 cm³/mol. The highest BCUT2D eigenvalue weighted by molar-refractivity contribution is 5.65. The molecule has 0 saturated heterocycles. The maximum atomic E-state index is 6.55. The van der Waals surface area contributed by atoms with E-state index in [1.807, 2.05) is 18.5 Å². The van der Waals surface area contributed by atoms with Crippen LogP contribution in [0.25, 0.3) is 11.1 Å². The second-order valence-electron chi connectivity index (χ2n) is 8.60. The summed E-state index contributed by atoms with van der Waals surface area (Å²) in [5.74, 6) is 1.45. The Morgan fingerprint density at radius 2 is 1.76 bits per heavy atom. The Morgan fingerprint density at radius 3 is 2.55 bits per heavy atom. The molecule has 164 valence electrons. The number of hydrogen-bond acceptors (Lipinski definition) is 7. The maximum Gasteiger partial charge on any atom is 0.122 e. The second kappa shape index (κ2) is 7.72. The average molecular weight is 437 g/mol. The lowest BCUT2D eigenvalue weighted by Gasteiger charge is -2.32. The molecule has 33 heavy (non-hydrogen) atoms. The molecule has 0 amide bonds. The molecular weight excluding hydrogens is 412 g/mol. The van der Waals surface area contributed by atoms with Crippen LogP contribution < -0.4 is 15.8 Å². The number of fused-ring (bicyclic) bond motifs is 1. The van der Waals surface area contributed by atoms with Crippen molar-refractivity contribution in [2.75, 3.05) is 7.11 Å². The molecule has 2 aromatic carbocycles. The summed E-state index contributed by atoms with van der Waals surface area (Å²) in [4.78, 5) is 17.7. The molecule has 4 aromatic rings. The van der Waals surface area contributed by atoms with E-state index in [1.165, 1.54) is 24.7 Å². The van der Waals surface area contributed by atoms with E-state index < -0.39 is 11.7 Å². The molecule has 1 fully saturated rings. The highest BCUT2D eigenvalue weighted by atomic mass is 16.5. The van der Waals surface area contributed by atoms with Crippen molar-refractivity contribution in [1.29, 1.82) is 0 Å². The van der Waals surface area contributed by atoms with Crippen LogP contribution in [0.1, 0.15) is 53.0 Å². The van der Waals surface area contributed by atoms with E-state index >= 15 is 0 Å². The van der Waals surface area contributed by atoms with Gasteiger partial charge in [-0.2, -0.15) is 0 Å². The number of nitrogens with two attached hydrogens (primary N) is 1. The number of rotatable bonds is 5. The first-order chi connectivity index (χ1) is 16.2. The van der Waals surface area contributed by atoms with Gasteiger partial charge in [0, 0.05) is 30.4 Å². The zero-order valence-corrected chi connectivity index (χ0v) is 18.3. The van der Waals surface area contributed by atoms with Crippen molar-refractivity contribution in [3.05, 3.63) is 102 Å². The number of methoxy groups -OCH3 is 1. The lowest BCUT2D eigenvalue weighted by molar-refractivity contribution is 0.407. The summed E-state index contributed by atoms with van der Waals surface area (Å²) in [5, 5.41) is 3.65. The van der Waals surface area contributed by atoms with E-state index in [1.54, 1.807) is 19.5 Å². The minimum Gasteiger partial charge on any atom is -0.496 e. The minimum absolute atomic E-state index is 0.441. The highest BCUT2D eigenvalue weighted by Crippen LogP contribution is 2.49. The van der Waals surface area contributed by atoms with Gasteiger partial charge in [-0.15, -0.1) is 0 Å². The van der Waals surface area contributed by atoms with E-state index in [0.717, 1.165) is 39.4 Å². The van der Waals surface area contributed by atoms with Crippen molar-refractivity contribution in [3.8, 4) is 16.9 Å². The summed E-state index contributed by atoms with van der Waals surface area (Å²) in [6.45, 7) is 0. The van der Waals surface area contributed by atoms with Crippen molar-refractivity contribution < 1.29 is 4.74 Å². The number of aromatic nitrogens is 4. The van der Waals surface area contributed by atoms with Gasteiger partial charge in [0.25, 0.3) is 0 Å². The van der Waals surface area contributed by atoms with E-state index in [9.17, 15) is 0 Å². The van der Waals surface area contributed by atoms with Gasteiger partial charge in [0.1, 0.15) is 23.8 Å². The summed E-state index contributed by atoms with van der Waals surface area (Å²) >= 11 is 0. The Labute approximate surface area is 192 Å². The van der Waals surface area contributed by atoms with E-state index in [4.69, 9.17) is 15.5 Å². The Bertz CT molecular complexity index is 1320. The smallest absolute Gasteiger partial charge is 0.122 e. The molecule has 1 aliphatic carbocycles. The summed E-state index contributed by atoms with van der Waals surface area (Å²) < 4.78 is 5.68. The number of benzene rings is 2. The van der Waals surface area contributed by atoms with Crippen LogP contribution in [0.5, 0.6) is 5.75 Å². The van der Waals surface area contributed by atoms with Crippen molar-refractivity contribution in [1.82, 2.24) is 25.3 Å². The van der Waals surface area contributed by atoms with Crippen LogP contribution in [0, 0.1) is 0 Å². The third-order valence-electron chi connectivity index (χ3n) is 6.62. The molecule has 6 rings (SSSR count). The Morgan fingerprint density at radius 1 is 0.970 bits per heavy atom. The highest BCUT2D eigenvalue weighted by Gasteiger charge is 2.48. The fourth-order valence-electron chi connectivity index (χ4n) is 4.90. The summed E-state index contributed by atoms with van der Waals surface area (Å²) in [7, 11) is 1.73. The van der Waals surface area contributed by atoms with Crippen LogP contribution in [0.4, 0.5) is 0 Å². The molecule has 2 aromatic heterocycles. The maximum absolute atomic E-state index is 6.55. The molecule has 1 saturated carbocycles. The number of hydrogen-bond donors (Lipinski definition) is 2. The number of ether oxygens (including phenoxy) is 1. The van der Waals surface area contributed by atoms with Crippen LogP contribution in [-0.2, 0) is 5.54 Å². The van der Waals surface area contributed by atoms with E-state index in [0.29, 0.717) is 5.92 Å². The molecule has 2 unspecified atom stereocenters. The topological polar surface area (TPSA) is 98.8 Å². The second-order valence-corrected chi connectivity index (χ2v) is 8.60. The standard InChI is InChI=1S/C26H24N6O/c1-33-22-8-7-20(12-21(22)16-5-6-16)26(24-23(25(27)32-26)30-9-10-31-24)19-4-2-3-17(11-19)18-13-28-15-29-14-18/h2-4,7-16,25,32H,5-6,27H2,1H3. The lowest BCUT2D eigenvalue weighted by Crippen LogP contribution is -2.43. The van der Waals surface area contributed by atoms with Gasteiger partial charge in [-0.3, -0.25) is 15.3 Å². The molecule has 2 atom stereocenters. The van der Waals surface area contributed by atoms with Crippen LogP contribution in [0.2, 0.25) is 0 Å². The first-order valence-corrected chi connectivity index (χ1v) is 11.1. The molecule has 7 heteroatoms. The molecule has 0 bridgehead atoms. The fourth-order valence-corrected chi connectivity index (χ4v) is 4.90. The Kier molecular flexibility index (Phi) is 4.67. The first-order valence-electron chi connectivity index (χ1n) is 11.1. The summed E-state index contributed by atoms with van der Waals surface area (Å²) in [5.41, 5.74) is 12.7. The zero-order valence-electron chi connectivity index (χ0n) is 18.3. The largest absolute Gasteiger partial charge is 0.496 e. The van der Waals surface area contributed by atoms with E-state index in [2.05, 4.69) is 56.7 Å². The lowest BCUT2D eigenvalue weighted by atomic mass is 9.79. The van der Waals surface area contributed by atoms with Gasteiger partial charge < -0.3 is 10.5 Å². The third-order valence-corrected chi connectivity index (χ3v) is 6.62.